The summed E-state index contributed by atoms with van der Waals surface area (Å²) in [7, 11) is 2.10. The summed E-state index contributed by atoms with van der Waals surface area (Å²) < 4.78 is 0. The van der Waals surface area contributed by atoms with Gasteiger partial charge in [-0.1, -0.05) is 0 Å². The van der Waals surface area contributed by atoms with Crippen LogP contribution in [0, 0.1) is 0 Å². The number of rotatable bonds is 4. The van der Waals surface area contributed by atoms with Crippen molar-refractivity contribution < 1.29 is 10.2 Å². The molecule has 0 aromatic carbocycles. The topological polar surface area (TPSA) is 43.7 Å². The first kappa shape index (κ1) is 12.0. The average molecular weight is 201 g/mol. The molecule has 0 amide bonds. The van der Waals surface area contributed by atoms with Gasteiger partial charge in [-0.05, 0) is 46.6 Å². The first-order chi connectivity index (χ1) is 6.50. The molecular weight excluding hydrogens is 178 g/mol. The first-order valence-electron chi connectivity index (χ1n) is 5.58. The highest BCUT2D eigenvalue weighted by Crippen LogP contribution is 2.27. The van der Waals surface area contributed by atoms with E-state index in [4.69, 9.17) is 0 Å². The Labute approximate surface area is 86.7 Å². The van der Waals surface area contributed by atoms with Crippen LogP contribution in [-0.4, -0.2) is 46.5 Å². The van der Waals surface area contributed by atoms with Gasteiger partial charge in [0.15, 0.2) is 0 Å². The van der Waals surface area contributed by atoms with E-state index in [1.165, 1.54) is 0 Å². The molecule has 0 spiro atoms. The maximum absolute atomic E-state index is 9.32. The molecule has 0 saturated carbocycles. The lowest BCUT2D eigenvalue weighted by Gasteiger charge is -2.27. The minimum Gasteiger partial charge on any atom is -0.393 e. The molecule has 0 bridgehead atoms. The second-order valence-corrected chi connectivity index (χ2v) is 4.72. The second-order valence-electron chi connectivity index (χ2n) is 4.72. The van der Waals surface area contributed by atoms with Gasteiger partial charge >= 0.3 is 0 Å². The summed E-state index contributed by atoms with van der Waals surface area (Å²) in [5.74, 6) is 0. The van der Waals surface area contributed by atoms with Crippen LogP contribution in [0.2, 0.25) is 0 Å². The first-order valence-corrected chi connectivity index (χ1v) is 5.58. The van der Waals surface area contributed by atoms with Crippen molar-refractivity contribution in [1.82, 2.24) is 4.90 Å². The van der Waals surface area contributed by atoms with Gasteiger partial charge in [0.25, 0.3) is 0 Å². The molecular formula is C11H23NO2. The summed E-state index contributed by atoms with van der Waals surface area (Å²) in [6.45, 7) is 3.69. The molecule has 0 aromatic rings. The quantitative estimate of drug-likeness (QED) is 0.713. The third-order valence-corrected chi connectivity index (χ3v) is 3.21. The Hall–Kier alpha value is -0.120. The molecule has 1 fully saturated rings. The summed E-state index contributed by atoms with van der Waals surface area (Å²) in [6, 6.07) is 0.998. The average Bonchev–Trinajstić information content (AvgIpc) is 2.34. The Bertz CT molecular complexity index is 153. The van der Waals surface area contributed by atoms with Crippen molar-refractivity contribution in [2.24, 2.45) is 0 Å². The van der Waals surface area contributed by atoms with Crippen molar-refractivity contribution in [3.8, 4) is 0 Å². The molecule has 84 valence electrons. The van der Waals surface area contributed by atoms with Crippen LogP contribution in [0.1, 0.15) is 39.5 Å². The number of nitrogens with zero attached hydrogens (tertiary/aromatic N) is 1. The molecule has 1 aliphatic rings. The van der Waals surface area contributed by atoms with E-state index < -0.39 is 0 Å². The number of likely N-dealkylation sites (tertiary alicyclic amines) is 1. The summed E-state index contributed by atoms with van der Waals surface area (Å²) in [6.07, 6.45) is 3.58. The lowest BCUT2D eigenvalue weighted by Crippen LogP contribution is -2.35. The number of aliphatic hydroxyl groups is 2. The molecule has 14 heavy (non-hydrogen) atoms. The molecule has 4 atom stereocenters. The molecule has 4 unspecified atom stereocenters. The standard InChI is InChI=1S/C11H23NO2/c1-8(13)6-10-4-5-11(12(10)3)7-9(2)14/h8-11,13-14H,4-7H2,1-3H3. The van der Waals surface area contributed by atoms with E-state index in [-0.39, 0.29) is 12.2 Å². The molecule has 1 aliphatic heterocycles. The monoisotopic (exact) mass is 201 g/mol. The molecule has 3 nitrogen and oxygen atoms in total. The van der Waals surface area contributed by atoms with Crippen molar-refractivity contribution in [2.75, 3.05) is 7.05 Å². The largest absolute Gasteiger partial charge is 0.393 e. The van der Waals surface area contributed by atoms with Crippen molar-refractivity contribution in [3.05, 3.63) is 0 Å². The van der Waals surface area contributed by atoms with Crippen molar-refractivity contribution in [2.45, 2.75) is 63.8 Å². The van der Waals surface area contributed by atoms with E-state index in [0.717, 1.165) is 25.7 Å². The minimum absolute atomic E-state index is 0.215. The van der Waals surface area contributed by atoms with Crippen LogP contribution in [-0.2, 0) is 0 Å². The highest BCUT2D eigenvalue weighted by Gasteiger charge is 2.31. The molecule has 0 radical (unpaired) electrons. The Kier molecular flexibility index (Phi) is 4.35. The highest BCUT2D eigenvalue weighted by molar-refractivity contribution is 4.86. The number of hydrogen-bond acceptors (Lipinski definition) is 3. The SMILES string of the molecule is CC(O)CC1CCC(CC(C)O)N1C. The zero-order chi connectivity index (χ0) is 10.7. The van der Waals surface area contributed by atoms with E-state index in [1.807, 2.05) is 13.8 Å². The predicted octanol–water partition coefficient (Wildman–Crippen LogP) is 0.991. The van der Waals surface area contributed by atoms with Gasteiger partial charge in [0.1, 0.15) is 0 Å². The van der Waals surface area contributed by atoms with E-state index in [2.05, 4.69) is 11.9 Å². The van der Waals surface area contributed by atoms with E-state index in [0.29, 0.717) is 12.1 Å². The van der Waals surface area contributed by atoms with Crippen LogP contribution < -0.4 is 0 Å². The molecule has 0 aromatic heterocycles. The maximum Gasteiger partial charge on any atom is 0.0527 e. The van der Waals surface area contributed by atoms with Gasteiger partial charge < -0.3 is 15.1 Å². The summed E-state index contributed by atoms with van der Waals surface area (Å²) in [5.41, 5.74) is 0. The Morgan fingerprint density at radius 1 is 1.07 bits per heavy atom. The van der Waals surface area contributed by atoms with Gasteiger partial charge in [0, 0.05) is 12.1 Å². The summed E-state index contributed by atoms with van der Waals surface area (Å²) in [5, 5.41) is 18.6. The fourth-order valence-electron chi connectivity index (χ4n) is 2.45. The zero-order valence-corrected chi connectivity index (χ0v) is 9.48. The van der Waals surface area contributed by atoms with Crippen LogP contribution in [0.4, 0.5) is 0 Å². The fraction of sp³-hybridized carbons (Fsp3) is 1.00. The Balaban J connectivity index is 2.38. The van der Waals surface area contributed by atoms with Crippen molar-refractivity contribution in [3.63, 3.8) is 0 Å². The molecule has 3 heteroatoms. The fourth-order valence-corrected chi connectivity index (χ4v) is 2.45. The van der Waals surface area contributed by atoms with Crippen molar-refractivity contribution in [1.29, 1.82) is 0 Å². The molecule has 1 heterocycles. The molecule has 1 saturated heterocycles. The van der Waals surface area contributed by atoms with Gasteiger partial charge in [-0.2, -0.15) is 0 Å². The third-order valence-electron chi connectivity index (χ3n) is 3.21. The Morgan fingerprint density at radius 3 is 1.71 bits per heavy atom. The van der Waals surface area contributed by atoms with Crippen LogP contribution >= 0.6 is 0 Å². The predicted molar refractivity (Wildman–Crippen MR) is 57.2 cm³/mol. The van der Waals surface area contributed by atoms with Crippen molar-refractivity contribution >= 4 is 0 Å². The van der Waals surface area contributed by atoms with Crippen LogP contribution in [0.5, 0.6) is 0 Å². The van der Waals surface area contributed by atoms with Gasteiger partial charge in [-0.3, -0.25) is 0 Å². The maximum atomic E-state index is 9.32. The summed E-state index contributed by atoms with van der Waals surface area (Å²) >= 11 is 0. The smallest absolute Gasteiger partial charge is 0.0527 e. The second kappa shape index (κ2) is 5.10. The summed E-state index contributed by atoms with van der Waals surface area (Å²) in [4.78, 5) is 2.32. The molecule has 1 rings (SSSR count). The van der Waals surface area contributed by atoms with Crippen LogP contribution in [0.3, 0.4) is 0 Å². The zero-order valence-electron chi connectivity index (χ0n) is 9.48. The lowest BCUT2D eigenvalue weighted by molar-refractivity contribution is 0.107. The number of hydrogen-bond donors (Lipinski definition) is 2. The lowest BCUT2D eigenvalue weighted by atomic mass is 10.1. The molecule has 0 aliphatic carbocycles. The van der Waals surface area contributed by atoms with Gasteiger partial charge in [-0.15, -0.1) is 0 Å². The van der Waals surface area contributed by atoms with Gasteiger partial charge in [-0.25, -0.2) is 0 Å². The highest BCUT2D eigenvalue weighted by atomic mass is 16.3. The van der Waals surface area contributed by atoms with E-state index in [1.54, 1.807) is 0 Å². The minimum atomic E-state index is -0.215. The molecule has 2 N–H and O–H groups in total. The van der Waals surface area contributed by atoms with Crippen LogP contribution in [0.25, 0.3) is 0 Å². The van der Waals surface area contributed by atoms with Gasteiger partial charge in [0.2, 0.25) is 0 Å². The van der Waals surface area contributed by atoms with E-state index in [9.17, 15) is 10.2 Å². The Morgan fingerprint density at radius 2 is 1.43 bits per heavy atom. The third kappa shape index (κ3) is 3.23. The number of aliphatic hydroxyl groups excluding tert-OH is 2. The van der Waals surface area contributed by atoms with E-state index >= 15 is 0 Å². The van der Waals surface area contributed by atoms with Crippen LogP contribution in [0.15, 0.2) is 0 Å². The van der Waals surface area contributed by atoms with Gasteiger partial charge in [0.05, 0.1) is 12.2 Å². The normalized spacial score (nSPS) is 33.2.